The van der Waals surface area contributed by atoms with Gasteiger partial charge in [-0.15, -0.1) is 0 Å². The number of allylic oxidation sites excluding steroid dienone is 2. The third-order valence-corrected chi connectivity index (χ3v) is 9.26. The summed E-state index contributed by atoms with van der Waals surface area (Å²) in [5, 5.41) is 17.9. The van der Waals surface area contributed by atoms with Crippen LogP contribution >= 0.6 is 0 Å². The summed E-state index contributed by atoms with van der Waals surface area (Å²) in [5.74, 6) is 2.64. The molecule has 0 saturated heterocycles. The van der Waals surface area contributed by atoms with Crippen LogP contribution in [0.3, 0.4) is 0 Å². The highest BCUT2D eigenvalue weighted by Crippen LogP contribution is 2.84. The average molecular weight is 402 g/mol. The molecule has 29 heavy (non-hydrogen) atoms. The van der Waals surface area contributed by atoms with E-state index in [2.05, 4.69) is 12.2 Å². The molecule has 0 spiro atoms. The Hall–Kier alpha value is -1.66. The molecule has 0 aromatic carbocycles. The highest BCUT2D eigenvalue weighted by atomic mass is 16.6. The van der Waals surface area contributed by atoms with Gasteiger partial charge in [0.15, 0.2) is 13.6 Å². The van der Waals surface area contributed by atoms with Crippen molar-refractivity contribution in [2.45, 2.75) is 44.9 Å². The van der Waals surface area contributed by atoms with E-state index >= 15 is 0 Å². The third-order valence-electron chi connectivity index (χ3n) is 9.26. The van der Waals surface area contributed by atoms with Gasteiger partial charge in [0.2, 0.25) is 0 Å². The molecule has 0 aromatic rings. The monoisotopic (exact) mass is 402 g/mol. The largest absolute Gasteiger partial charge is 0.436 e. The molecule has 5 fully saturated rings. The van der Waals surface area contributed by atoms with Crippen LogP contribution in [0.5, 0.6) is 0 Å². The summed E-state index contributed by atoms with van der Waals surface area (Å²) in [6, 6.07) is 0. The van der Waals surface area contributed by atoms with Gasteiger partial charge in [0.05, 0.1) is 0 Å². The lowest BCUT2D eigenvalue weighted by Crippen LogP contribution is -2.51. The van der Waals surface area contributed by atoms with E-state index in [1.807, 2.05) is 0 Å². The molecule has 0 heterocycles. The number of esters is 2. The predicted molar refractivity (Wildman–Crippen MR) is 103 cm³/mol. The first kappa shape index (κ1) is 19.3. The molecular formula is C23H30O6. The molecule has 0 aliphatic heterocycles. The summed E-state index contributed by atoms with van der Waals surface area (Å²) in [4.78, 5) is 24.2. The van der Waals surface area contributed by atoms with Crippen LogP contribution in [0.4, 0.5) is 0 Å². The van der Waals surface area contributed by atoms with Crippen LogP contribution in [0.2, 0.25) is 0 Å². The van der Waals surface area contributed by atoms with Crippen LogP contribution < -0.4 is 0 Å². The summed E-state index contributed by atoms with van der Waals surface area (Å²) >= 11 is 0. The number of hydrogen-bond acceptors (Lipinski definition) is 6. The number of fused-ring (bicyclic) bond motifs is 12. The summed E-state index contributed by atoms with van der Waals surface area (Å²) < 4.78 is 9.53. The quantitative estimate of drug-likeness (QED) is 0.307. The normalized spacial score (nSPS) is 46.6. The van der Waals surface area contributed by atoms with Crippen LogP contribution in [-0.4, -0.2) is 35.7 Å². The molecular weight excluding hydrogens is 372 g/mol. The van der Waals surface area contributed by atoms with E-state index in [1.165, 1.54) is 50.7 Å². The molecule has 0 radical (unpaired) electrons. The minimum absolute atomic E-state index is 0.128. The van der Waals surface area contributed by atoms with E-state index in [0.29, 0.717) is 35.5 Å². The lowest BCUT2D eigenvalue weighted by Gasteiger charge is -2.55. The fraction of sp³-hybridized carbons (Fsp3) is 0.739. The maximum atomic E-state index is 12.1. The second-order valence-electron chi connectivity index (χ2n) is 9.69. The first-order chi connectivity index (χ1) is 14.1. The fourth-order valence-corrected chi connectivity index (χ4v) is 8.94. The van der Waals surface area contributed by atoms with Gasteiger partial charge in [0.1, 0.15) is 0 Å². The van der Waals surface area contributed by atoms with Crippen molar-refractivity contribution < 1.29 is 29.3 Å². The van der Waals surface area contributed by atoms with Crippen LogP contribution in [0.25, 0.3) is 0 Å². The Morgan fingerprint density at radius 3 is 2.38 bits per heavy atom. The number of carbonyl (C=O) groups excluding carboxylic acids is 2. The first-order valence-corrected chi connectivity index (χ1v) is 11.0. The molecule has 4 bridgehead atoms. The lowest BCUT2D eigenvalue weighted by molar-refractivity contribution is -0.147. The highest BCUT2D eigenvalue weighted by molar-refractivity contribution is 5.83. The molecule has 2 N–H and O–H groups in total. The van der Waals surface area contributed by atoms with Crippen molar-refractivity contribution in [3.63, 3.8) is 0 Å². The molecule has 5 aliphatic carbocycles. The molecule has 158 valence electrons. The molecule has 5 aliphatic rings. The van der Waals surface area contributed by atoms with Gasteiger partial charge in [0, 0.05) is 23.0 Å². The second kappa shape index (κ2) is 6.95. The summed E-state index contributed by atoms with van der Waals surface area (Å²) in [6.07, 6.45) is 15.6. The van der Waals surface area contributed by atoms with E-state index < -0.39 is 25.5 Å². The van der Waals surface area contributed by atoms with E-state index in [9.17, 15) is 9.59 Å². The molecule has 0 amide bonds. The van der Waals surface area contributed by atoms with E-state index in [4.69, 9.17) is 19.7 Å². The van der Waals surface area contributed by atoms with Crippen LogP contribution in [-0.2, 0) is 19.1 Å². The van der Waals surface area contributed by atoms with Gasteiger partial charge in [-0.3, -0.25) is 0 Å². The van der Waals surface area contributed by atoms with Crippen LogP contribution in [0.1, 0.15) is 44.9 Å². The number of ether oxygens (including phenoxy) is 2. The Kier molecular flexibility index (Phi) is 4.63. The Morgan fingerprint density at radius 1 is 0.931 bits per heavy atom. The second-order valence-corrected chi connectivity index (χ2v) is 9.69. The Morgan fingerprint density at radius 2 is 1.66 bits per heavy atom. The molecule has 6 heteroatoms. The minimum atomic E-state index is -0.615. The van der Waals surface area contributed by atoms with Gasteiger partial charge in [-0.25, -0.2) is 9.59 Å². The topological polar surface area (TPSA) is 93.1 Å². The highest BCUT2D eigenvalue weighted by Gasteiger charge is 2.78. The van der Waals surface area contributed by atoms with Gasteiger partial charge in [0.25, 0.3) is 0 Å². The third kappa shape index (κ3) is 2.48. The molecule has 0 aromatic heterocycles. The van der Waals surface area contributed by atoms with Crippen molar-refractivity contribution in [1.82, 2.24) is 0 Å². The molecule has 6 nitrogen and oxygen atoms in total. The zero-order valence-corrected chi connectivity index (χ0v) is 16.7. The van der Waals surface area contributed by atoms with Crippen molar-refractivity contribution in [3.8, 4) is 0 Å². The van der Waals surface area contributed by atoms with Crippen molar-refractivity contribution in [2.75, 3.05) is 13.6 Å². The van der Waals surface area contributed by atoms with Crippen LogP contribution in [0, 0.1) is 46.3 Å². The Bertz CT molecular complexity index is 758. The summed E-state index contributed by atoms with van der Waals surface area (Å²) in [6.45, 7) is -1.23. The SMILES string of the molecule is O=C(C=CC12CC(C3CCCC31)C1C3CCC(C3)C12C=CC(=O)OCO)OCO. The maximum Gasteiger partial charge on any atom is 0.332 e. The number of aliphatic hydroxyl groups is 2. The minimum Gasteiger partial charge on any atom is -0.436 e. The van der Waals surface area contributed by atoms with Gasteiger partial charge in [-0.1, -0.05) is 18.6 Å². The molecule has 8 unspecified atom stereocenters. The zero-order valence-electron chi connectivity index (χ0n) is 16.7. The number of rotatable bonds is 6. The predicted octanol–water partition coefficient (Wildman–Crippen LogP) is 2.55. The van der Waals surface area contributed by atoms with Crippen LogP contribution in [0.15, 0.2) is 24.3 Å². The summed E-state index contributed by atoms with van der Waals surface area (Å²) in [7, 11) is 0. The average Bonchev–Trinajstić information content (AvgIpc) is 3.48. The smallest absolute Gasteiger partial charge is 0.332 e. The van der Waals surface area contributed by atoms with Gasteiger partial charge in [-0.05, 0) is 74.0 Å². The van der Waals surface area contributed by atoms with Crippen molar-refractivity contribution >= 4 is 11.9 Å². The zero-order chi connectivity index (χ0) is 20.2. The number of carbonyl (C=O) groups is 2. The van der Waals surface area contributed by atoms with Crippen molar-refractivity contribution in [2.24, 2.45) is 46.3 Å². The number of aliphatic hydroxyl groups excluding tert-OH is 2. The molecule has 8 atom stereocenters. The summed E-state index contributed by atoms with van der Waals surface area (Å²) in [5.41, 5.74) is -0.273. The van der Waals surface area contributed by atoms with E-state index in [0.717, 1.165) is 6.42 Å². The van der Waals surface area contributed by atoms with Gasteiger partial charge >= 0.3 is 11.9 Å². The van der Waals surface area contributed by atoms with Crippen molar-refractivity contribution in [1.29, 1.82) is 0 Å². The van der Waals surface area contributed by atoms with Gasteiger partial charge < -0.3 is 19.7 Å². The molecule has 5 saturated carbocycles. The Labute approximate surface area is 170 Å². The van der Waals surface area contributed by atoms with Gasteiger partial charge in [-0.2, -0.15) is 0 Å². The molecule has 5 rings (SSSR count). The first-order valence-electron chi connectivity index (χ1n) is 11.0. The maximum absolute atomic E-state index is 12.1. The van der Waals surface area contributed by atoms with E-state index in [-0.39, 0.29) is 10.8 Å². The lowest BCUT2D eigenvalue weighted by atomic mass is 9.48. The fourth-order valence-electron chi connectivity index (χ4n) is 8.94. The Balaban J connectivity index is 1.60. The van der Waals surface area contributed by atoms with E-state index in [1.54, 1.807) is 0 Å². The number of hydrogen-bond donors (Lipinski definition) is 2. The standard InChI is InChI=1S/C23H30O6/c24-12-28-19(26)6-8-22-11-17(16-2-1-3-18(16)22)21-14-4-5-15(10-14)23(21,22)9-7-20(27)29-13-25/h6-9,14-18,21,24-25H,1-5,10-13H2. The van der Waals surface area contributed by atoms with Crippen molar-refractivity contribution in [3.05, 3.63) is 24.3 Å².